The molecule has 0 bridgehead atoms. The molecule has 49 heavy (non-hydrogen) atoms. The molecule has 0 aliphatic heterocycles. The van der Waals surface area contributed by atoms with Crippen molar-refractivity contribution >= 4 is 11.9 Å². The van der Waals surface area contributed by atoms with Gasteiger partial charge in [0.25, 0.3) is 0 Å². The zero-order chi connectivity index (χ0) is 35.6. The van der Waals surface area contributed by atoms with Gasteiger partial charge >= 0.3 is 11.9 Å². The van der Waals surface area contributed by atoms with E-state index in [2.05, 4.69) is 53.4 Å². The molecule has 6 saturated carbocycles. The predicted molar refractivity (Wildman–Crippen MR) is 199 cm³/mol. The molecular formula is C44H73NO4. The normalized spacial score (nSPS) is 43.2. The lowest BCUT2D eigenvalue weighted by Crippen LogP contribution is -2.66. The maximum Gasteiger partial charge on any atom is 0.306 e. The highest BCUT2D eigenvalue weighted by Gasteiger charge is 2.69. The van der Waals surface area contributed by atoms with E-state index >= 15 is 0 Å². The van der Waals surface area contributed by atoms with Crippen LogP contribution in [0.3, 0.4) is 0 Å². The Morgan fingerprint density at radius 3 is 2.24 bits per heavy atom. The first-order chi connectivity index (χ1) is 22.9. The summed E-state index contributed by atoms with van der Waals surface area (Å²) in [6.45, 7) is 26.0. The highest BCUT2D eigenvalue weighted by Crippen LogP contribution is 2.76. The second kappa shape index (κ2) is 13.6. The number of allylic oxidation sites excluding steroid dienone is 1. The summed E-state index contributed by atoms with van der Waals surface area (Å²) in [7, 11) is 0. The molecule has 6 rings (SSSR count). The molecule has 2 N–H and O–H groups in total. The van der Waals surface area contributed by atoms with Gasteiger partial charge in [0, 0.05) is 5.41 Å². The van der Waals surface area contributed by atoms with E-state index in [1.165, 1.54) is 95.7 Å². The summed E-state index contributed by atoms with van der Waals surface area (Å²) in [5, 5.41) is 13.2. The molecule has 6 aliphatic rings. The molecule has 11 atom stereocenters. The number of carboxylic acids is 1. The Labute approximate surface area is 299 Å². The topological polar surface area (TPSA) is 75.6 Å². The van der Waals surface area contributed by atoms with E-state index in [1.54, 1.807) is 0 Å². The van der Waals surface area contributed by atoms with Gasteiger partial charge in [-0.25, -0.2) is 0 Å². The van der Waals surface area contributed by atoms with Gasteiger partial charge in [0.15, 0.2) is 0 Å². The van der Waals surface area contributed by atoms with Crippen LogP contribution in [0.4, 0.5) is 0 Å². The maximum absolute atomic E-state index is 13.2. The molecule has 5 heteroatoms. The minimum atomic E-state index is -0.862. The Morgan fingerprint density at radius 2 is 1.57 bits per heavy atom. The fourth-order valence-electron chi connectivity index (χ4n) is 14.7. The quantitative estimate of drug-likeness (QED) is 0.129. The van der Waals surface area contributed by atoms with Crippen molar-refractivity contribution in [1.29, 1.82) is 0 Å². The number of fused-ring (bicyclic) bond motifs is 7. The molecule has 0 heterocycles. The molecule has 0 aromatic heterocycles. The average Bonchev–Trinajstić information content (AvgIpc) is 3.64. The van der Waals surface area contributed by atoms with Crippen molar-refractivity contribution in [2.24, 2.45) is 74.4 Å². The fourth-order valence-corrected chi connectivity index (χ4v) is 14.7. The third-order valence-electron chi connectivity index (χ3n) is 17.2. The molecule has 278 valence electrons. The zero-order valence-electron chi connectivity index (χ0n) is 32.8. The Bertz CT molecular complexity index is 1250. The van der Waals surface area contributed by atoms with E-state index < -0.39 is 11.4 Å². The van der Waals surface area contributed by atoms with E-state index in [1.807, 2.05) is 13.8 Å². The number of carbonyl (C=O) groups excluding carboxylic acids is 1. The van der Waals surface area contributed by atoms with Crippen LogP contribution in [0.1, 0.15) is 158 Å². The molecule has 0 aromatic rings. The minimum Gasteiger partial charge on any atom is -0.481 e. The summed E-state index contributed by atoms with van der Waals surface area (Å²) in [5.41, 5.74) is 1.66. The molecule has 0 radical (unpaired) electrons. The number of nitrogens with one attached hydrogen (secondary N) is 1. The van der Waals surface area contributed by atoms with E-state index in [-0.39, 0.29) is 35.7 Å². The highest BCUT2D eigenvalue weighted by atomic mass is 16.5. The van der Waals surface area contributed by atoms with Crippen molar-refractivity contribution < 1.29 is 19.4 Å². The fraction of sp³-hybridized carbons (Fsp3) is 0.909. The van der Waals surface area contributed by atoms with Crippen LogP contribution in [-0.2, 0) is 14.3 Å². The third-order valence-corrected chi connectivity index (χ3v) is 17.2. The summed E-state index contributed by atoms with van der Waals surface area (Å²) >= 11 is 0. The summed E-state index contributed by atoms with van der Waals surface area (Å²) in [4.78, 5) is 24.6. The number of carboxylic acid groups (broad SMARTS) is 1. The Balaban J connectivity index is 1.16. The number of rotatable bonds is 11. The molecule has 6 aliphatic carbocycles. The van der Waals surface area contributed by atoms with Crippen molar-refractivity contribution in [3.05, 3.63) is 12.2 Å². The number of ether oxygens (including phenoxy) is 1. The lowest BCUT2D eigenvalue weighted by Gasteiger charge is -2.72. The molecule has 0 spiro atoms. The van der Waals surface area contributed by atoms with Gasteiger partial charge in [-0.3, -0.25) is 9.59 Å². The molecule has 5 nitrogen and oxygen atoms in total. The first-order valence-electron chi connectivity index (χ1n) is 20.7. The van der Waals surface area contributed by atoms with Gasteiger partial charge in [-0.2, -0.15) is 0 Å². The van der Waals surface area contributed by atoms with Crippen LogP contribution in [0, 0.1) is 74.4 Å². The minimum absolute atomic E-state index is 0.0240. The van der Waals surface area contributed by atoms with Gasteiger partial charge in [-0.1, -0.05) is 73.5 Å². The van der Waals surface area contributed by atoms with Gasteiger partial charge < -0.3 is 15.2 Å². The molecule has 6 fully saturated rings. The van der Waals surface area contributed by atoms with Crippen LogP contribution >= 0.6 is 0 Å². The van der Waals surface area contributed by atoms with E-state index in [9.17, 15) is 14.7 Å². The zero-order valence-corrected chi connectivity index (χ0v) is 32.8. The molecule has 1 unspecified atom stereocenters. The number of hydrogen-bond donors (Lipinski definition) is 2. The van der Waals surface area contributed by atoms with Crippen LogP contribution < -0.4 is 5.32 Å². The molecule has 0 aromatic carbocycles. The third kappa shape index (κ3) is 6.60. The van der Waals surface area contributed by atoms with Gasteiger partial charge in [0.2, 0.25) is 0 Å². The first kappa shape index (κ1) is 37.4. The molecule has 0 saturated heterocycles. The van der Waals surface area contributed by atoms with Crippen LogP contribution in [0.5, 0.6) is 0 Å². The summed E-state index contributed by atoms with van der Waals surface area (Å²) in [6, 6.07) is 0. The lowest BCUT2D eigenvalue weighted by atomic mass is 9.33. The van der Waals surface area contributed by atoms with Crippen LogP contribution in [-0.4, -0.2) is 36.2 Å². The van der Waals surface area contributed by atoms with Crippen molar-refractivity contribution in [3.63, 3.8) is 0 Å². The Hall–Kier alpha value is -1.36. The van der Waals surface area contributed by atoms with Crippen molar-refractivity contribution in [2.75, 3.05) is 13.1 Å². The van der Waals surface area contributed by atoms with Crippen LogP contribution in [0.15, 0.2) is 12.2 Å². The first-order valence-corrected chi connectivity index (χ1v) is 20.7. The largest absolute Gasteiger partial charge is 0.481 e. The summed E-state index contributed by atoms with van der Waals surface area (Å²) in [5.74, 6) is 5.04. The lowest BCUT2D eigenvalue weighted by molar-refractivity contribution is -0.245. The highest BCUT2D eigenvalue weighted by molar-refractivity contribution is 5.73. The predicted octanol–water partition coefficient (Wildman–Crippen LogP) is 10.5. The molecule has 0 amide bonds. The summed E-state index contributed by atoms with van der Waals surface area (Å²) < 4.78 is 6.29. The Morgan fingerprint density at radius 1 is 0.878 bits per heavy atom. The van der Waals surface area contributed by atoms with Gasteiger partial charge in [-0.05, 0) is 166 Å². The van der Waals surface area contributed by atoms with Crippen molar-refractivity contribution in [2.45, 2.75) is 164 Å². The van der Waals surface area contributed by atoms with E-state index in [0.717, 1.165) is 42.4 Å². The Kier molecular flexibility index (Phi) is 10.4. The number of hydrogen-bond acceptors (Lipinski definition) is 4. The van der Waals surface area contributed by atoms with Gasteiger partial charge in [-0.15, -0.1) is 0 Å². The van der Waals surface area contributed by atoms with Crippen molar-refractivity contribution in [1.82, 2.24) is 5.32 Å². The molecular weight excluding hydrogens is 606 g/mol. The standard InChI is InChI=1S/C44H73NO4/c1-28(2)32-24-30(19-23-45-27-29-12-10-11-13-29)31-16-21-43(8)33(39(31)32)14-15-35-42(7)20-18-36(41(5,6)34(42)17-22-44(35,43)9)49-38(48)26-40(3,4)25-37(46)47/h29-36,39,45H,1,10-27H2,2-9H3,(H,46,47)/t30-,31?,32+,33-,34+,35-,36+,39-,42+,43-,44-/m1/s1. The average molecular weight is 680 g/mol. The van der Waals surface area contributed by atoms with Crippen molar-refractivity contribution in [3.8, 4) is 0 Å². The van der Waals surface area contributed by atoms with Crippen LogP contribution in [0.2, 0.25) is 0 Å². The smallest absolute Gasteiger partial charge is 0.306 e. The number of aliphatic carboxylic acids is 1. The second-order valence-electron chi connectivity index (χ2n) is 20.8. The monoisotopic (exact) mass is 680 g/mol. The van der Waals surface area contributed by atoms with Gasteiger partial charge in [0.05, 0.1) is 12.8 Å². The SMILES string of the molecule is C=C(C)[C@@H]1C[C@@H](CCNCC2CCCC2)C2CC[C@]3(C)[C@H](CC[C@@H]4[C@@]5(C)CC[C@H](OC(=O)CC(C)(C)CC(=O)O)C(C)(C)[C@@H]5CC[C@]43C)[C@H]21. The maximum atomic E-state index is 13.2. The van der Waals surface area contributed by atoms with E-state index in [4.69, 9.17) is 4.74 Å². The number of carbonyl (C=O) groups is 2. The van der Waals surface area contributed by atoms with Crippen LogP contribution in [0.25, 0.3) is 0 Å². The second-order valence-corrected chi connectivity index (χ2v) is 20.8. The van der Waals surface area contributed by atoms with Gasteiger partial charge in [0.1, 0.15) is 6.10 Å². The number of esters is 1. The van der Waals surface area contributed by atoms with E-state index in [0.29, 0.717) is 28.6 Å². The summed E-state index contributed by atoms with van der Waals surface area (Å²) in [6.07, 6.45) is 18.5.